The van der Waals surface area contributed by atoms with Gasteiger partial charge in [-0.2, -0.15) is 0 Å². The summed E-state index contributed by atoms with van der Waals surface area (Å²) in [7, 11) is 2.13. The van der Waals surface area contributed by atoms with E-state index in [0.717, 1.165) is 12.8 Å². The van der Waals surface area contributed by atoms with Gasteiger partial charge in [0.05, 0.1) is 0 Å². The molecule has 0 aromatic carbocycles. The van der Waals surface area contributed by atoms with Crippen molar-refractivity contribution in [1.29, 1.82) is 0 Å². The summed E-state index contributed by atoms with van der Waals surface area (Å²) in [6.07, 6.45) is 25.8. The average Bonchev–Trinajstić information content (AvgIpc) is 2.72. The van der Waals surface area contributed by atoms with Crippen LogP contribution in [0, 0.1) is 6.92 Å². The van der Waals surface area contributed by atoms with Crippen LogP contribution in [0.1, 0.15) is 127 Å². The maximum atomic E-state index is 10.3. The second-order valence-corrected chi connectivity index (χ2v) is 9.11. The number of carbonyl (C=O) groups excluding carboxylic acids is 1. The Morgan fingerprint density at radius 1 is 0.733 bits per heavy atom. The van der Waals surface area contributed by atoms with Crippen LogP contribution in [0.3, 0.4) is 0 Å². The van der Waals surface area contributed by atoms with Gasteiger partial charge in [-0.05, 0) is 31.7 Å². The van der Waals surface area contributed by atoms with E-state index in [2.05, 4.69) is 36.9 Å². The monoisotopic (exact) mass is 417 g/mol. The molecule has 3 nitrogen and oxygen atoms in total. The minimum atomic E-state index is -0.904. The molecular weight excluding hydrogens is 370 g/mol. The SMILES string of the molecule is Cc1c(CCCCCCCCCCCCCCCCCCCC(=O)[O-])ccc[n+]1C. The van der Waals surface area contributed by atoms with Gasteiger partial charge in [-0.15, -0.1) is 0 Å². The zero-order valence-corrected chi connectivity index (χ0v) is 19.9. The maximum absolute atomic E-state index is 10.3. The topological polar surface area (TPSA) is 44.0 Å². The molecule has 0 atom stereocenters. The molecule has 172 valence electrons. The van der Waals surface area contributed by atoms with Gasteiger partial charge in [-0.3, -0.25) is 0 Å². The van der Waals surface area contributed by atoms with Gasteiger partial charge in [0.25, 0.3) is 0 Å². The first kappa shape index (κ1) is 26.7. The fourth-order valence-corrected chi connectivity index (χ4v) is 4.25. The molecule has 0 aliphatic carbocycles. The van der Waals surface area contributed by atoms with Gasteiger partial charge < -0.3 is 9.90 Å². The van der Waals surface area contributed by atoms with E-state index in [-0.39, 0.29) is 6.42 Å². The van der Waals surface area contributed by atoms with Crippen molar-refractivity contribution in [1.82, 2.24) is 0 Å². The Bertz CT molecular complexity index is 556. The Hall–Kier alpha value is -1.38. The van der Waals surface area contributed by atoms with Gasteiger partial charge in [0, 0.05) is 24.5 Å². The number of hydrogen-bond donors (Lipinski definition) is 0. The number of hydrogen-bond acceptors (Lipinski definition) is 2. The Morgan fingerprint density at radius 3 is 1.57 bits per heavy atom. The minimum Gasteiger partial charge on any atom is -0.550 e. The standard InChI is InChI=1S/C27H47NO2/c1-25-26(22-20-24-28(25)2)21-18-16-14-12-10-8-6-4-3-5-7-9-11-13-15-17-19-23-27(29)30/h20,22,24H,3-19,21,23H2,1-2H3. The molecule has 0 aliphatic heterocycles. The maximum Gasteiger partial charge on any atom is 0.181 e. The first-order chi connectivity index (χ1) is 14.6. The lowest BCUT2D eigenvalue weighted by atomic mass is 10.0. The molecule has 0 bridgehead atoms. The highest BCUT2D eigenvalue weighted by molar-refractivity contribution is 5.64. The number of aromatic nitrogens is 1. The van der Waals surface area contributed by atoms with Gasteiger partial charge >= 0.3 is 0 Å². The first-order valence-electron chi connectivity index (χ1n) is 12.7. The van der Waals surface area contributed by atoms with Crippen LogP contribution >= 0.6 is 0 Å². The van der Waals surface area contributed by atoms with Gasteiger partial charge in [-0.25, -0.2) is 4.57 Å². The van der Waals surface area contributed by atoms with Crippen molar-refractivity contribution in [3.8, 4) is 0 Å². The molecule has 0 saturated heterocycles. The quantitative estimate of drug-likeness (QED) is 0.189. The second-order valence-electron chi connectivity index (χ2n) is 9.11. The number of unbranched alkanes of at least 4 members (excludes halogenated alkanes) is 16. The van der Waals surface area contributed by atoms with Crippen molar-refractivity contribution in [2.45, 2.75) is 129 Å². The van der Waals surface area contributed by atoms with Crippen molar-refractivity contribution in [3.63, 3.8) is 0 Å². The smallest absolute Gasteiger partial charge is 0.181 e. The van der Waals surface area contributed by atoms with Crippen molar-refractivity contribution in [2.24, 2.45) is 7.05 Å². The number of nitrogens with zero attached hydrogens (tertiary/aromatic N) is 1. The molecule has 1 aromatic rings. The molecule has 1 aromatic heterocycles. The Morgan fingerprint density at radius 2 is 1.13 bits per heavy atom. The molecule has 0 unspecified atom stereocenters. The van der Waals surface area contributed by atoms with Gasteiger partial charge in [0.1, 0.15) is 7.05 Å². The molecule has 30 heavy (non-hydrogen) atoms. The Labute approximate surface area is 186 Å². The van der Waals surface area contributed by atoms with Crippen molar-refractivity contribution in [3.05, 3.63) is 29.6 Å². The van der Waals surface area contributed by atoms with Crippen molar-refractivity contribution < 1.29 is 14.5 Å². The van der Waals surface area contributed by atoms with Gasteiger partial charge in [0.2, 0.25) is 0 Å². The summed E-state index contributed by atoms with van der Waals surface area (Å²) in [5.41, 5.74) is 2.91. The normalized spacial score (nSPS) is 11.1. The zero-order chi connectivity index (χ0) is 21.9. The number of carbonyl (C=O) groups is 1. The van der Waals surface area contributed by atoms with Crippen LogP contribution in [0.25, 0.3) is 0 Å². The Kier molecular flexibility index (Phi) is 16.3. The Balaban J connectivity index is 1.76. The molecule has 1 rings (SSSR count). The third-order valence-electron chi connectivity index (χ3n) is 6.43. The summed E-state index contributed by atoms with van der Waals surface area (Å²) in [5, 5.41) is 10.3. The number of aryl methyl sites for hydroxylation is 2. The fraction of sp³-hybridized carbons (Fsp3) is 0.778. The molecule has 0 fully saturated rings. The summed E-state index contributed by atoms with van der Waals surface area (Å²) in [5.74, 6) is -0.904. The van der Waals surface area contributed by atoms with E-state index in [1.54, 1.807) is 0 Å². The molecule has 0 radical (unpaired) electrons. The summed E-state index contributed by atoms with van der Waals surface area (Å²) in [6.45, 7) is 2.22. The molecule has 3 heteroatoms. The van der Waals surface area contributed by atoms with Crippen LogP contribution in [0.15, 0.2) is 18.3 Å². The lowest BCUT2D eigenvalue weighted by Crippen LogP contribution is -2.32. The van der Waals surface area contributed by atoms with E-state index in [0.29, 0.717) is 0 Å². The largest absolute Gasteiger partial charge is 0.550 e. The number of aliphatic carboxylic acids is 1. The van der Waals surface area contributed by atoms with Crippen LogP contribution in [-0.4, -0.2) is 5.97 Å². The highest BCUT2D eigenvalue weighted by atomic mass is 16.4. The second kappa shape index (κ2) is 18.4. The summed E-state index contributed by atoms with van der Waals surface area (Å²) in [4.78, 5) is 10.3. The average molecular weight is 418 g/mol. The summed E-state index contributed by atoms with van der Waals surface area (Å²) >= 11 is 0. The molecule has 0 saturated carbocycles. The highest BCUT2D eigenvalue weighted by Crippen LogP contribution is 2.15. The fourth-order valence-electron chi connectivity index (χ4n) is 4.25. The molecule has 0 aliphatic rings. The first-order valence-corrected chi connectivity index (χ1v) is 12.7. The molecule has 0 N–H and O–H groups in total. The van der Waals surface area contributed by atoms with Crippen LogP contribution < -0.4 is 9.67 Å². The van der Waals surface area contributed by atoms with Crippen molar-refractivity contribution in [2.75, 3.05) is 0 Å². The van der Waals surface area contributed by atoms with E-state index in [4.69, 9.17) is 0 Å². The predicted molar refractivity (Wildman–Crippen MR) is 124 cm³/mol. The van der Waals surface area contributed by atoms with Crippen LogP contribution in [0.4, 0.5) is 0 Å². The third-order valence-corrected chi connectivity index (χ3v) is 6.43. The molecule has 0 spiro atoms. The number of carboxylic acids is 1. The van der Waals surface area contributed by atoms with E-state index in [9.17, 15) is 9.90 Å². The van der Waals surface area contributed by atoms with E-state index in [1.165, 1.54) is 114 Å². The van der Waals surface area contributed by atoms with Crippen LogP contribution in [0.5, 0.6) is 0 Å². The molecule has 0 amide bonds. The van der Waals surface area contributed by atoms with E-state index < -0.39 is 5.97 Å². The lowest BCUT2D eigenvalue weighted by molar-refractivity contribution is -0.678. The summed E-state index contributed by atoms with van der Waals surface area (Å²) in [6, 6.07) is 4.44. The van der Waals surface area contributed by atoms with E-state index in [1.807, 2.05) is 0 Å². The van der Waals surface area contributed by atoms with Crippen LogP contribution in [-0.2, 0) is 18.3 Å². The lowest BCUT2D eigenvalue weighted by Gasteiger charge is -2.05. The number of pyridine rings is 1. The van der Waals surface area contributed by atoms with Crippen molar-refractivity contribution >= 4 is 5.97 Å². The zero-order valence-electron chi connectivity index (χ0n) is 19.9. The summed E-state index contributed by atoms with van der Waals surface area (Å²) < 4.78 is 2.22. The van der Waals surface area contributed by atoms with Gasteiger partial charge in [0.15, 0.2) is 11.9 Å². The van der Waals surface area contributed by atoms with E-state index >= 15 is 0 Å². The third kappa shape index (κ3) is 14.6. The molecule has 1 heterocycles. The minimum absolute atomic E-state index is 0.229. The number of carboxylic acid groups (broad SMARTS) is 1. The predicted octanol–water partition coefficient (Wildman–Crippen LogP) is 6.13. The number of rotatable bonds is 20. The highest BCUT2D eigenvalue weighted by Gasteiger charge is 2.06. The van der Waals surface area contributed by atoms with Crippen LogP contribution in [0.2, 0.25) is 0 Å². The van der Waals surface area contributed by atoms with Gasteiger partial charge in [-0.1, -0.05) is 96.3 Å². The molecular formula is C27H47NO2.